The molecule has 0 aliphatic heterocycles. The molecular formula is C7H14N2O4. The molecule has 76 valence electrons. The normalized spacial score (nSPS) is 10.9. The quantitative estimate of drug-likeness (QED) is 0.501. The minimum Gasteiger partial charge on any atom is -0.465 e. The summed E-state index contributed by atoms with van der Waals surface area (Å²) >= 11 is 0. The van der Waals surface area contributed by atoms with Gasteiger partial charge in [0.2, 0.25) is 6.54 Å². The highest BCUT2D eigenvalue weighted by molar-refractivity contribution is 5.65. The van der Waals surface area contributed by atoms with E-state index in [1.165, 1.54) is 0 Å². The Kier molecular flexibility index (Phi) is 4.16. The van der Waals surface area contributed by atoms with E-state index in [1.54, 1.807) is 13.8 Å². The van der Waals surface area contributed by atoms with Crippen molar-refractivity contribution in [3.05, 3.63) is 10.1 Å². The maximum Gasteiger partial charge on any atom is 0.405 e. The summed E-state index contributed by atoms with van der Waals surface area (Å²) in [6.07, 6.45) is -0.272. The number of amides is 1. The number of nitro groups is 1. The third kappa shape index (κ3) is 7.04. The third-order valence-electron chi connectivity index (χ3n) is 1.59. The largest absolute Gasteiger partial charge is 0.465 e. The zero-order valence-electron chi connectivity index (χ0n) is 7.74. The van der Waals surface area contributed by atoms with Crippen LogP contribution in [0.5, 0.6) is 0 Å². The number of hydrogen-bond donors (Lipinski definition) is 2. The van der Waals surface area contributed by atoms with Crippen molar-refractivity contribution >= 4 is 6.09 Å². The summed E-state index contributed by atoms with van der Waals surface area (Å²) in [5, 5.41) is 20.7. The van der Waals surface area contributed by atoms with Gasteiger partial charge in [0.15, 0.2) is 0 Å². The molecule has 0 aromatic rings. The molecule has 0 aromatic heterocycles. The van der Waals surface area contributed by atoms with Crippen LogP contribution in [0.4, 0.5) is 4.79 Å². The van der Waals surface area contributed by atoms with Crippen molar-refractivity contribution in [2.24, 2.45) is 0 Å². The minimum absolute atomic E-state index is 0.120. The predicted octanol–water partition coefficient (Wildman–Crippen LogP) is 1.09. The number of rotatable bonds is 5. The summed E-state index contributed by atoms with van der Waals surface area (Å²) in [7, 11) is 0. The van der Waals surface area contributed by atoms with Crippen LogP contribution in [-0.2, 0) is 0 Å². The number of nitrogens with one attached hydrogen (secondary N) is 1. The maximum atomic E-state index is 10.3. The SMILES string of the molecule is CC(C)(CCC[N+](=O)[O-])NC(=O)O. The van der Waals surface area contributed by atoms with E-state index >= 15 is 0 Å². The average molecular weight is 190 g/mol. The Morgan fingerprint density at radius 2 is 2.15 bits per heavy atom. The van der Waals surface area contributed by atoms with Crippen LogP contribution < -0.4 is 5.32 Å². The predicted molar refractivity (Wildman–Crippen MR) is 46.3 cm³/mol. The van der Waals surface area contributed by atoms with Gasteiger partial charge < -0.3 is 10.4 Å². The summed E-state index contributed by atoms with van der Waals surface area (Å²) < 4.78 is 0. The number of carboxylic acid groups (broad SMARTS) is 1. The highest BCUT2D eigenvalue weighted by Gasteiger charge is 2.20. The lowest BCUT2D eigenvalue weighted by molar-refractivity contribution is -0.480. The summed E-state index contributed by atoms with van der Waals surface area (Å²) in [5.74, 6) is 0. The average Bonchev–Trinajstić information content (AvgIpc) is 1.81. The van der Waals surface area contributed by atoms with Crippen LogP contribution in [0.15, 0.2) is 0 Å². The van der Waals surface area contributed by atoms with Gasteiger partial charge in [-0.1, -0.05) is 0 Å². The van der Waals surface area contributed by atoms with E-state index in [-0.39, 0.29) is 6.54 Å². The fraction of sp³-hybridized carbons (Fsp3) is 0.857. The fourth-order valence-corrected chi connectivity index (χ4v) is 1.00. The van der Waals surface area contributed by atoms with Crippen LogP contribution in [0.2, 0.25) is 0 Å². The van der Waals surface area contributed by atoms with Crippen molar-refractivity contribution in [1.29, 1.82) is 0 Å². The van der Waals surface area contributed by atoms with Gasteiger partial charge in [-0.2, -0.15) is 0 Å². The van der Waals surface area contributed by atoms with Gasteiger partial charge in [-0.15, -0.1) is 0 Å². The van der Waals surface area contributed by atoms with Gasteiger partial charge in [-0.3, -0.25) is 10.1 Å². The van der Waals surface area contributed by atoms with Gasteiger partial charge in [0.05, 0.1) is 0 Å². The Hall–Kier alpha value is -1.33. The van der Waals surface area contributed by atoms with E-state index < -0.39 is 16.6 Å². The Labute approximate surface area is 76.1 Å². The molecule has 2 N–H and O–H groups in total. The molecular weight excluding hydrogens is 176 g/mol. The fourth-order valence-electron chi connectivity index (χ4n) is 1.00. The lowest BCUT2D eigenvalue weighted by atomic mass is 9.99. The van der Waals surface area contributed by atoms with E-state index in [0.717, 1.165) is 0 Å². The summed E-state index contributed by atoms with van der Waals surface area (Å²) in [4.78, 5) is 19.8. The molecule has 0 aliphatic rings. The molecule has 0 aliphatic carbocycles. The molecule has 0 bridgehead atoms. The first-order valence-corrected chi connectivity index (χ1v) is 3.96. The van der Waals surface area contributed by atoms with Crippen LogP contribution in [0, 0.1) is 10.1 Å². The standard InChI is InChI=1S/C7H14N2O4/c1-7(2,8-6(10)11)4-3-5-9(12)13/h8H,3-5H2,1-2H3,(H,10,11). The van der Waals surface area contributed by atoms with E-state index in [1.807, 2.05) is 0 Å². The van der Waals surface area contributed by atoms with Crippen molar-refractivity contribution < 1.29 is 14.8 Å². The number of carbonyl (C=O) groups is 1. The van der Waals surface area contributed by atoms with Crippen LogP contribution >= 0.6 is 0 Å². The second-order valence-electron chi connectivity index (χ2n) is 3.47. The molecule has 0 saturated carbocycles. The molecule has 13 heavy (non-hydrogen) atoms. The first-order chi connectivity index (χ1) is 5.83. The molecule has 0 atom stereocenters. The maximum absolute atomic E-state index is 10.3. The molecule has 0 aromatic carbocycles. The van der Waals surface area contributed by atoms with Gasteiger partial charge in [-0.25, -0.2) is 4.79 Å². The number of hydrogen-bond acceptors (Lipinski definition) is 3. The zero-order valence-corrected chi connectivity index (χ0v) is 7.74. The smallest absolute Gasteiger partial charge is 0.405 e. The molecule has 0 spiro atoms. The molecule has 0 saturated heterocycles. The van der Waals surface area contributed by atoms with Gasteiger partial charge in [0, 0.05) is 16.9 Å². The minimum atomic E-state index is -1.11. The van der Waals surface area contributed by atoms with Crippen LogP contribution in [0.1, 0.15) is 26.7 Å². The van der Waals surface area contributed by atoms with Crippen molar-refractivity contribution in [3.63, 3.8) is 0 Å². The Morgan fingerprint density at radius 3 is 2.54 bits per heavy atom. The molecule has 6 nitrogen and oxygen atoms in total. The monoisotopic (exact) mass is 190 g/mol. The lowest BCUT2D eigenvalue weighted by Gasteiger charge is -2.23. The molecule has 1 amide bonds. The molecule has 0 rings (SSSR count). The summed E-state index contributed by atoms with van der Waals surface area (Å²) in [6.45, 7) is 3.27. The first-order valence-electron chi connectivity index (χ1n) is 3.96. The summed E-state index contributed by atoms with van der Waals surface area (Å²) in [6, 6.07) is 0. The summed E-state index contributed by atoms with van der Waals surface area (Å²) in [5.41, 5.74) is -0.595. The van der Waals surface area contributed by atoms with Gasteiger partial charge in [0.1, 0.15) is 0 Å². The second kappa shape index (κ2) is 4.64. The Morgan fingerprint density at radius 1 is 1.62 bits per heavy atom. The van der Waals surface area contributed by atoms with E-state index in [0.29, 0.717) is 12.8 Å². The van der Waals surface area contributed by atoms with Gasteiger partial charge in [-0.05, 0) is 20.3 Å². The molecule has 0 fully saturated rings. The number of nitrogens with zero attached hydrogens (tertiary/aromatic N) is 1. The highest BCUT2D eigenvalue weighted by Crippen LogP contribution is 2.10. The van der Waals surface area contributed by atoms with Gasteiger partial charge in [0.25, 0.3) is 0 Å². The van der Waals surface area contributed by atoms with Crippen LogP contribution in [-0.4, -0.2) is 28.2 Å². The zero-order chi connectivity index (χ0) is 10.5. The van der Waals surface area contributed by atoms with Crippen LogP contribution in [0.3, 0.4) is 0 Å². The first kappa shape index (κ1) is 11.7. The molecule has 0 radical (unpaired) electrons. The van der Waals surface area contributed by atoms with E-state index in [9.17, 15) is 14.9 Å². The highest BCUT2D eigenvalue weighted by atomic mass is 16.6. The van der Waals surface area contributed by atoms with Crippen LogP contribution in [0.25, 0.3) is 0 Å². The van der Waals surface area contributed by atoms with E-state index in [4.69, 9.17) is 5.11 Å². The van der Waals surface area contributed by atoms with Crippen molar-refractivity contribution in [2.75, 3.05) is 6.54 Å². The third-order valence-corrected chi connectivity index (χ3v) is 1.59. The van der Waals surface area contributed by atoms with Crippen molar-refractivity contribution in [2.45, 2.75) is 32.2 Å². The van der Waals surface area contributed by atoms with Gasteiger partial charge >= 0.3 is 6.09 Å². The van der Waals surface area contributed by atoms with Crippen molar-refractivity contribution in [1.82, 2.24) is 5.32 Å². The molecule has 0 heterocycles. The Balaban J connectivity index is 3.75. The second-order valence-corrected chi connectivity index (χ2v) is 3.47. The Bertz CT molecular complexity index is 203. The van der Waals surface area contributed by atoms with Crippen molar-refractivity contribution in [3.8, 4) is 0 Å². The molecule has 6 heteroatoms. The van der Waals surface area contributed by atoms with E-state index in [2.05, 4.69) is 5.32 Å². The topological polar surface area (TPSA) is 92.5 Å². The lowest BCUT2D eigenvalue weighted by Crippen LogP contribution is -2.42. The molecule has 0 unspecified atom stereocenters.